The standard InChI is InChI=1S/C22H28FN3O2/c1-15-13-24-21(26(15)14-17-3-4-17)11-16-7-9-25(10-8-16)22(27)18-5-6-20(28-2)19(23)12-18/h5-6,12-13,16-17H,3-4,7-11,14H2,1-2H3. The van der Waals surface area contributed by atoms with Gasteiger partial charge in [-0.05, 0) is 62.6 Å². The minimum absolute atomic E-state index is 0.105. The molecule has 0 radical (unpaired) electrons. The Balaban J connectivity index is 1.34. The summed E-state index contributed by atoms with van der Waals surface area (Å²) < 4.78 is 21.2. The molecule has 1 aliphatic heterocycles. The average molecular weight is 385 g/mol. The van der Waals surface area contributed by atoms with Crippen LogP contribution in [0.15, 0.2) is 24.4 Å². The van der Waals surface area contributed by atoms with E-state index in [9.17, 15) is 9.18 Å². The molecule has 1 saturated heterocycles. The first-order valence-corrected chi connectivity index (χ1v) is 10.2. The van der Waals surface area contributed by atoms with Gasteiger partial charge in [-0.1, -0.05) is 0 Å². The van der Waals surface area contributed by atoms with Gasteiger partial charge in [0.05, 0.1) is 7.11 Å². The van der Waals surface area contributed by atoms with Gasteiger partial charge in [-0.15, -0.1) is 0 Å². The summed E-state index contributed by atoms with van der Waals surface area (Å²) in [6, 6.07) is 4.41. The van der Waals surface area contributed by atoms with Crippen LogP contribution in [0, 0.1) is 24.6 Å². The molecule has 28 heavy (non-hydrogen) atoms. The Morgan fingerprint density at radius 1 is 1.21 bits per heavy atom. The third kappa shape index (κ3) is 4.05. The number of piperidine rings is 1. The van der Waals surface area contributed by atoms with Crippen LogP contribution in [-0.4, -0.2) is 40.6 Å². The van der Waals surface area contributed by atoms with Crippen LogP contribution >= 0.6 is 0 Å². The van der Waals surface area contributed by atoms with Crippen LogP contribution in [0.3, 0.4) is 0 Å². The van der Waals surface area contributed by atoms with Gasteiger partial charge in [0.25, 0.3) is 5.91 Å². The van der Waals surface area contributed by atoms with E-state index in [1.54, 1.807) is 6.07 Å². The lowest BCUT2D eigenvalue weighted by molar-refractivity contribution is 0.0689. The van der Waals surface area contributed by atoms with Crippen molar-refractivity contribution in [1.82, 2.24) is 14.5 Å². The minimum atomic E-state index is -0.499. The summed E-state index contributed by atoms with van der Waals surface area (Å²) in [5.41, 5.74) is 1.63. The van der Waals surface area contributed by atoms with Crippen LogP contribution in [0.25, 0.3) is 0 Å². The number of rotatable bonds is 6. The van der Waals surface area contributed by atoms with Crippen molar-refractivity contribution in [3.63, 3.8) is 0 Å². The molecule has 1 amide bonds. The Morgan fingerprint density at radius 3 is 2.61 bits per heavy atom. The van der Waals surface area contributed by atoms with Gasteiger partial charge in [0.15, 0.2) is 11.6 Å². The summed E-state index contributed by atoms with van der Waals surface area (Å²) in [5, 5.41) is 0. The second-order valence-corrected chi connectivity index (χ2v) is 8.16. The molecule has 6 heteroatoms. The topological polar surface area (TPSA) is 47.4 Å². The number of ether oxygens (including phenoxy) is 1. The van der Waals surface area contributed by atoms with E-state index in [-0.39, 0.29) is 11.7 Å². The fraction of sp³-hybridized carbons (Fsp3) is 0.545. The molecular weight excluding hydrogens is 357 g/mol. The number of carbonyl (C=O) groups is 1. The van der Waals surface area contributed by atoms with Gasteiger partial charge in [0, 0.05) is 43.5 Å². The third-order valence-electron chi connectivity index (χ3n) is 6.05. The number of methoxy groups -OCH3 is 1. The smallest absolute Gasteiger partial charge is 0.253 e. The highest BCUT2D eigenvalue weighted by atomic mass is 19.1. The van der Waals surface area contributed by atoms with Crippen LogP contribution in [0.1, 0.15) is 47.6 Å². The number of carbonyl (C=O) groups excluding carboxylic acids is 1. The van der Waals surface area contributed by atoms with Crippen molar-refractivity contribution in [2.75, 3.05) is 20.2 Å². The van der Waals surface area contributed by atoms with Crippen LogP contribution in [0.2, 0.25) is 0 Å². The van der Waals surface area contributed by atoms with E-state index in [1.807, 2.05) is 11.1 Å². The number of imidazole rings is 1. The molecule has 1 aromatic heterocycles. The summed E-state index contributed by atoms with van der Waals surface area (Å²) in [6.45, 7) is 4.65. The number of aromatic nitrogens is 2. The number of amides is 1. The summed E-state index contributed by atoms with van der Waals surface area (Å²) in [4.78, 5) is 19.2. The predicted molar refractivity (Wildman–Crippen MR) is 105 cm³/mol. The summed E-state index contributed by atoms with van der Waals surface area (Å²) in [7, 11) is 1.42. The molecule has 2 fully saturated rings. The number of halogens is 1. The minimum Gasteiger partial charge on any atom is -0.494 e. The maximum atomic E-state index is 13.9. The van der Waals surface area contributed by atoms with Crippen molar-refractivity contribution in [2.45, 2.75) is 45.6 Å². The van der Waals surface area contributed by atoms with Crippen LogP contribution in [0.4, 0.5) is 4.39 Å². The summed E-state index contributed by atoms with van der Waals surface area (Å²) >= 11 is 0. The molecule has 0 bridgehead atoms. The van der Waals surface area contributed by atoms with Crippen LogP contribution in [-0.2, 0) is 13.0 Å². The highest BCUT2D eigenvalue weighted by molar-refractivity contribution is 5.94. The fourth-order valence-electron chi connectivity index (χ4n) is 4.06. The van der Waals surface area contributed by atoms with E-state index in [0.717, 1.165) is 31.7 Å². The molecule has 4 rings (SSSR count). The Morgan fingerprint density at radius 2 is 1.96 bits per heavy atom. The van der Waals surface area contributed by atoms with Crippen LogP contribution < -0.4 is 4.74 Å². The molecule has 0 N–H and O–H groups in total. The van der Waals surface area contributed by atoms with Crippen molar-refractivity contribution >= 4 is 5.91 Å². The molecule has 2 heterocycles. The molecule has 0 spiro atoms. The molecule has 2 aromatic rings. The molecule has 1 saturated carbocycles. The number of hydrogen-bond donors (Lipinski definition) is 0. The number of nitrogens with zero attached hydrogens (tertiary/aromatic N) is 3. The second kappa shape index (κ2) is 7.94. The van der Waals surface area contributed by atoms with Crippen molar-refractivity contribution in [2.24, 2.45) is 11.8 Å². The third-order valence-corrected chi connectivity index (χ3v) is 6.05. The maximum absolute atomic E-state index is 13.9. The molecule has 1 aromatic carbocycles. The monoisotopic (exact) mass is 385 g/mol. The second-order valence-electron chi connectivity index (χ2n) is 8.16. The fourth-order valence-corrected chi connectivity index (χ4v) is 4.06. The van der Waals surface area contributed by atoms with E-state index in [0.29, 0.717) is 24.6 Å². The van der Waals surface area contributed by atoms with Gasteiger partial charge in [-0.25, -0.2) is 9.37 Å². The van der Waals surface area contributed by atoms with Crippen LogP contribution in [0.5, 0.6) is 5.75 Å². The number of likely N-dealkylation sites (tertiary alicyclic amines) is 1. The Labute approximate surface area is 165 Å². The van der Waals surface area contributed by atoms with Gasteiger partial charge in [-0.3, -0.25) is 4.79 Å². The molecule has 0 atom stereocenters. The average Bonchev–Trinajstić information content (AvgIpc) is 3.47. The highest BCUT2D eigenvalue weighted by Gasteiger charge is 2.27. The Kier molecular flexibility index (Phi) is 5.38. The largest absolute Gasteiger partial charge is 0.494 e. The first-order chi connectivity index (χ1) is 13.5. The zero-order valence-electron chi connectivity index (χ0n) is 16.7. The van der Waals surface area contributed by atoms with Crippen molar-refractivity contribution in [1.29, 1.82) is 0 Å². The van der Waals surface area contributed by atoms with Gasteiger partial charge in [0.1, 0.15) is 5.82 Å². The lowest BCUT2D eigenvalue weighted by atomic mass is 9.92. The SMILES string of the molecule is COc1ccc(C(=O)N2CCC(Cc3ncc(C)n3CC3CC3)CC2)cc1F. The van der Waals surface area contributed by atoms with E-state index < -0.39 is 5.82 Å². The van der Waals surface area contributed by atoms with E-state index in [1.165, 1.54) is 43.6 Å². The number of aryl methyl sites for hydroxylation is 1. The van der Waals surface area contributed by atoms with E-state index >= 15 is 0 Å². The van der Waals surface area contributed by atoms with E-state index in [4.69, 9.17) is 4.74 Å². The van der Waals surface area contributed by atoms with Gasteiger partial charge in [-0.2, -0.15) is 0 Å². The van der Waals surface area contributed by atoms with Crippen molar-refractivity contribution in [3.8, 4) is 5.75 Å². The van der Waals surface area contributed by atoms with Crippen molar-refractivity contribution in [3.05, 3.63) is 47.3 Å². The zero-order valence-corrected chi connectivity index (χ0v) is 16.7. The summed E-state index contributed by atoms with van der Waals surface area (Å²) in [5.74, 6) is 2.11. The van der Waals surface area contributed by atoms with E-state index in [2.05, 4.69) is 16.5 Å². The van der Waals surface area contributed by atoms with Gasteiger partial charge >= 0.3 is 0 Å². The molecule has 5 nitrogen and oxygen atoms in total. The lowest BCUT2D eigenvalue weighted by Crippen LogP contribution is -2.39. The molecular formula is C22H28FN3O2. The number of hydrogen-bond acceptors (Lipinski definition) is 3. The van der Waals surface area contributed by atoms with Crippen molar-refractivity contribution < 1.29 is 13.9 Å². The molecule has 150 valence electrons. The quantitative estimate of drug-likeness (QED) is 0.759. The maximum Gasteiger partial charge on any atom is 0.253 e. The van der Waals surface area contributed by atoms with Gasteiger partial charge in [0.2, 0.25) is 0 Å². The number of benzene rings is 1. The Hall–Kier alpha value is -2.37. The summed E-state index contributed by atoms with van der Waals surface area (Å²) in [6.07, 6.45) is 7.54. The first-order valence-electron chi connectivity index (χ1n) is 10.2. The van der Waals surface area contributed by atoms with Gasteiger partial charge < -0.3 is 14.2 Å². The normalized spacial score (nSPS) is 17.8. The Bertz CT molecular complexity index is 851. The lowest BCUT2D eigenvalue weighted by Gasteiger charge is -2.32. The molecule has 0 unspecified atom stereocenters. The molecule has 2 aliphatic rings. The highest BCUT2D eigenvalue weighted by Crippen LogP contribution is 2.32. The predicted octanol–water partition coefficient (Wildman–Crippen LogP) is 3.84. The zero-order chi connectivity index (χ0) is 19.7. The molecule has 1 aliphatic carbocycles. The first kappa shape index (κ1) is 19.0.